The first-order valence-electron chi connectivity index (χ1n) is 8.71. The molecule has 4 rings (SSSR count). The lowest BCUT2D eigenvalue weighted by atomic mass is 10.1. The summed E-state index contributed by atoms with van der Waals surface area (Å²) in [5.74, 6) is 4.49. The van der Waals surface area contributed by atoms with E-state index in [4.69, 9.17) is 25.5 Å². The number of ether oxygens (including phenoxy) is 3. The SMILES string of the molecule is C#CCO/N=C1/c2cc(OC)c(OC)cc2-c2c1c1cc(OC)ccc1n2C. The highest BCUT2D eigenvalue weighted by molar-refractivity contribution is 6.30. The van der Waals surface area contributed by atoms with E-state index < -0.39 is 0 Å². The summed E-state index contributed by atoms with van der Waals surface area (Å²) >= 11 is 0. The van der Waals surface area contributed by atoms with Gasteiger partial charge in [0.15, 0.2) is 18.1 Å². The predicted molar refractivity (Wildman–Crippen MR) is 108 cm³/mol. The molecule has 1 heterocycles. The quantitative estimate of drug-likeness (QED) is 0.303. The molecule has 1 aliphatic rings. The van der Waals surface area contributed by atoms with E-state index in [2.05, 4.69) is 15.6 Å². The average molecular weight is 376 g/mol. The summed E-state index contributed by atoms with van der Waals surface area (Å²) in [4.78, 5) is 5.36. The van der Waals surface area contributed by atoms with Gasteiger partial charge < -0.3 is 23.6 Å². The van der Waals surface area contributed by atoms with Gasteiger partial charge in [0.05, 0.1) is 27.0 Å². The van der Waals surface area contributed by atoms with Crippen LogP contribution in [0.15, 0.2) is 35.5 Å². The molecule has 0 aliphatic heterocycles. The fourth-order valence-electron chi connectivity index (χ4n) is 3.74. The molecular formula is C22H20N2O4. The number of hydrogen-bond donors (Lipinski definition) is 0. The molecule has 0 amide bonds. The van der Waals surface area contributed by atoms with E-state index in [0.717, 1.165) is 39.0 Å². The fraction of sp³-hybridized carbons (Fsp3) is 0.227. The van der Waals surface area contributed by atoms with E-state index in [-0.39, 0.29) is 6.61 Å². The molecule has 0 bridgehead atoms. The lowest BCUT2D eigenvalue weighted by Crippen LogP contribution is -2.02. The van der Waals surface area contributed by atoms with Crippen molar-refractivity contribution in [1.29, 1.82) is 0 Å². The van der Waals surface area contributed by atoms with E-state index in [1.165, 1.54) is 0 Å². The summed E-state index contributed by atoms with van der Waals surface area (Å²) in [5, 5.41) is 5.39. The molecule has 0 radical (unpaired) electrons. The van der Waals surface area contributed by atoms with Gasteiger partial charge in [0.25, 0.3) is 0 Å². The van der Waals surface area contributed by atoms with Crippen molar-refractivity contribution in [2.24, 2.45) is 12.2 Å². The molecule has 0 atom stereocenters. The van der Waals surface area contributed by atoms with Crippen molar-refractivity contribution in [1.82, 2.24) is 4.57 Å². The third-order valence-electron chi connectivity index (χ3n) is 4.98. The average Bonchev–Trinajstić information content (AvgIpc) is 3.19. The Hall–Kier alpha value is -3.59. The first-order chi connectivity index (χ1) is 13.6. The number of terminal acetylenes is 1. The number of aryl methyl sites for hydroxylation is 1. The van der Waals surface area contributed by atoms with Gasteiger partial charge in [0.2, 0.25) is 0 Å². The molecule has 1 aliphatic carbocycles. The first-order valence-corrected chi connectivity index (χ1v) is 8.71. The van der Waals surface area contributed by atoms with Crippen molar-refractivity contribution >= 4 is 16.6 Å². The molecule has 28 heavy (non-hydrogen) atoms. The van der Waals surface area contributed by atoms with E-state index in [0.29, 0.717) is 17.2 Å². The zero-order chi connectivity index (χ0) is 19.8. The van der Waals surface area contributed by atoms with Crippen LogP contribution < -0.4 is 14.2 Å². The highest BCUT2D eigenvalue weighted by Crippen LogP contribution is 2.47. The molecule has 0 saturated carbocycles. The number of nitrogens with zero attached hydrogens (tertiary/aromatic N) is 2. The fourth-order valence-corrected chi connectivity index (χ4v) is 3.74. The van der Waals surface area contributed by atoms with Gasteiger partial charge in [0.1, 0.15) is 11.5 Å². The van der Waals surface area contributed by atoms with Gasteiger partial charge in [-0.2, -0.15) is 0 Å². The van der Waals surface area contributed by atoms with E-state index in [9.17, 15) is 0 Å². The van der Waals surface area contributed by atoms with Crippen molar-refractivity contribution in [2.45, 2.75) is 0 Å². The van der Waals surface area contributed by atoms with Crippen molar-refractivity contribution in [2.75, 3.05) is 27.9 Å². The lowest BCUT2D eigenvalue weighted by molar-refractivity contribution is 0.180. The molecule has 6 nitrogen and oxygen atoms in total. The summed E-state index contributed by atoms with van der Waals surface area (Å²) in [7, 11) is 6.91. The standard InChI is InChI=1S/C22H20N2O4/c1-6-9-28-23-21-14-11-18(26-4)19(27-5)12-15(14)22-20(21)16-10-13(25-3)7-8-17(16)24(22)2/h1,7-8,10-12H,9H2,2-5H3/b23-21-. The Balaban J connectivity index is 2.06. The highest BCUT2D eigenvalue weighted by Gasteiger charge is 2.33. The van der Waals surface area contributed by atoms with E-state index in [1.807, 2.05) is 37.4 Å². The van der Waals surface area contributed by atoms with Gasteiger partial charge in [-0.15, -0.1) is 6.42 Å². The summed E-state index contributed by atoms with van der Waals surface area (Å²) < 4.78 is 18.6. The molecule has 1 aromatic heterocycles. The van der Waals surface area contributed by atoms with Crippen LogP contribution in [-0.2, 0) is 11.9 Å². The molecule has 0 saturated heterocycles. The Bertz CT molecular complexity index is 1150. The van der Waals surface area contributed by atoms with Gasteiger partial charge in [-0.3, -0.25) is 0 Å². The summed E-state index contributed by atoms with van der Waals surface area (Å²) in [6.07, 6.45) is 5.32. The second kappa shape index (κ2) is 6.86. The Morgan fingerprint density at radius 3 is 2.36 bits per heavy atom. The molecule has 0 N–H and O–H groups in total. The molecule has 6 heteroatoms. The summed E-state index contributed by atoms with van der Waals surface area (Å²) in [6, 6.07) is 9.86. The van der Waals surface area contributed by atoms with Crippen molar-refractivity contribution in [3.63, 3.8) is 0 Å². The van der Waals surface area contributed by atoms with Gasteiger partial charge in [-0.1, -0.05) is 11.1 Å². The lowest BCUT2D eigenvalue weighted by Gasteiger charge is -2.12. The molecule has 3 aromatic rings. The normalized spacial score (nSPS) is 13.2. The van der Waals surface area contributed by atoms with Crippen LogP contribution in [0, 0.1) is 12.3 Å². The Kier molecular flexibility index (Phi) is 4.36. The third-order valence-corrected chi connectivity index (χ3v) is 4.98. The molecule has 0 spiro atoms. The Morgan fingerprint density at radius 2 is 1.71 bits per heavy atom. The van der Waals surface area contributed by atoms with Crippen LogP contribution in [-0.4, -0.2) is 38.2 Å². The maximum Gasteiger partial charge on any atom is 0.177 e. The Labute approximate surface area is 163 Å². The molecule has 2 aromatic carbocycles. The Morgan fingerprint density at radius 1 is 1.00 bits per heavy atom. The topological polar surface area (TPSA) is 54.2 Å². The second-order valence-corrected chi connectivity index (χ2v) is 6.34. The van der Waals surface area contributed by atoms with Crippen molar-refractivity contribution in [3.05, 3.63) is 41.5 Å². The maximum absolute atomic E-state index is 5.51. The minimum absolute atomic E-state index is 0.0928. The summed E-state index contributed by atoms with van der Waals surface area (Å²) in [6.45, 7) is 0.0928. The number of aromatic nitrogens is 1. The van der Waals surface area contributed by atoms with Crippen LogP contribution >= 0.6 is 0 Å². The van der Waals surface area contributed by atoms with Crippen LogP contribution in [0.4, 0.5) is 0 Å². The number of fused-ring (bicyclic) bond motifs is 5. The van der Waals surface area contributed by atoms with Crippen LogP contribution in [0.1, 0.15) is 11.1 Å². The van der Waals surface area contributed by atoms with Crippen molar-refractivity contribution < 1.29 is 19.0 Å². The number of rotatable bonds is 5. The molecule has 142 valence electrons. The van der Waals surface area contributed by atoms with Gasteiger partial charge >= 0.3 is 0 Å². The van der Waals surface area contributed by atoms with Crippen LogP contribution in [0.2, 0.25) is 0 Å². The zero-order valence-corrected chi connectivity index (χ0v) is 16.2. The predicted octanol–water partition coefficient (Wildman–Crippen LogP) is 3.59. The zero-order valence-electron chi connectivity index (χ0n) is 16.2. The van der Waals surface area contributed by atoms with E-state index >= 15 is 0 Å². The van der Waals surface area contributed by atoms with Crippen molar-refractivity contribution in [3.8, 4) is 40.8 Å². The number of oxime groups is 1. The third kappa shape index (κ3) is 2.48. The second-order valence-electron chi connectivity index (χ2n) is 6.34. The minimum Gasteiger partial charge on any atom is -0.497 e. The number of hydrogen-bond acceptors (Lipinski definition) is 5. The van der Waals surface area contributed by atoms with Crippen LogP contribution in [0.25, 0.3) is 22.2 Å². The van der Waals surface area contributed by atoms with Gasteiger partial charge in [0, 0.05) is 34.6 Å². The van der Waals surface area contributed by atoms with E-state index in [1.54, 1.807) is 21.3 Å². The number of methoxy groups -OCH3 is 3. The molecular weight excluding hydrogens is 356 g/mol. The smallest absolute Gasteiger partial charge is 0.177 e. The number of benzene rings is 2. The molecule has 0 unspecified atom stereocenters. The first kappa shape index (κ1) is 17.8. The van der Waals surface area contributed by atoms with Gasteiger partial charge in [-0.25, -0.2) is 0 Å². The maximum atomic E-state index is 5.51. The van der Waals surface area contributed by atoms with Crippen LogP contribution in [0.3, 0.4) is 0 Å². The summed E-state index contributed by atoms with van der Waals surface area (Å²) in [5.41, 5.74) is 5.67. The van der Waals surface area contributed by atoms with Crippen LogP contribution in [0.5, 0.6) is 17.2 Å². The highest BCUT2D eigenvalue weighted by atomic mass is 16.6. The van der Waals surface area contributed by atoms with Gasteiger partial charge in [-0.05, 0) is 30.3 Å². The minimum atomic E-state index is 0.0928. The largest absolute Gasteiger partial charge is 0.497 e. The molecule has 0 fully saturated rings. The monoisotopic (exact) mass is 376 g/mol.